The van der Waals surface area contributed by atoms with E-state index in [2.05, 4.69) is 20.8 Å². The van der Waals surface area contributed by atoms with Crippen LogP contribution in [0.15, 0.2) is 83.9 Å². The minimum atomic E-state index is -0.783. The average molecular weight is 415 g/mol. The number of rotatable bonds is 3. The van der Waals surface area contributed by atoms with E-state index in [0.717, 1.165) is 22.5 Å². The van der Waals surface area contributed by atoms with E-state index in [1.807, 2.05) is 54.6 Å². The third kappa shape index (κ3) is 3.25. The van der Waals surface area contributed by atoms with Crippen LogP contribution in [-0.2, 0) is 0 Å². The van der Waals surface area contributed by atoms with Crippen molar-refractivity contribution in [2.45, 2.75) is 6.17 Å². The second-order valence-corrected chi connectivity index (χ2v) is 7.13. The summed E-state index contributed by atoms with van der Waals surface area (Å²) in [6.07, 6.45) is -0.783. The van der Waals surface area contributed by atoms with Gasteiger partial charge in [-0.2, -0.15) is 4.68 Å². The van der Waals surface area contributed by atoms with E-state index in [-0.39, 0.29) is 5.91 Å². The molecule has 1 aliphatic heterocycles. The summed E-state index contributed by atoms with van der Waals surface area (Å²) in [5.74, 6) is 0.0999. The number of benzene rings is 3. The van der Waals surface area contributed by atoms with E-state index in [4.69, 9.17) is 16.6 Å². The molecule has 1 unspecified atom stereocenters. The fraction of sp³-hybridized carbons (Fsp3) is 0.0455. The van der Waals surface area contributed by atoms with Gasteiger partial charge < -0.3 is 5.32 Å². The summed E-state index contributed by atoms with van der Waals surface area (Å²) < 4.78 is 1.61. The molecule has 0 aliphatic carbocycles. The van der Waals surface area contributed by atoms with Crippen molar-refractivity contribution in [3.8, 4) is 5.69 Å². The molecule has 0 spiro atoms. The summed E-state index contributed by atoms with van der Waals surface area (Å²) in [4.78, 5) is 17.8. The van der Waals surface area contributed by atoms with Gasteiger partial charge >= 0.3 is 0 Å². The number of carbonyl (C=O) groups excluding carboxylic acids is 1. The predicted octanol–water partition coefficient (Wildman–Crippen LogP) is 3.60. The molecular weight excluding hydrogens is 400 g/mol. The Balaban J connectivity index is 1.64. The zero-order valence-corrected chi connectivity index (χ0v) is 16.4. The number of hydrogen-bond acceptors (Lipinski definition) is 5. The van der Waals surface area contributed by atoms with Gasteiger partial charge in [-0.05, 0) is 34.7 Å². The van der Waals surface area contributed by atoms with Crippen molar-refractivity contribution in [2.24, 2.45) is 4.99 Å². The lowest BCUT2D eigenvalue weighted by Gasteiger charge is -2.13. The molecule has 1 N–H and O–H groups in total. The first kappa shape index (κ1) is 18.2. The van der Waals surface area contributed by atoms with Crippen molar-refractivity contribution in [1.29, 1.82) is 0 Å². The molecule has 0 fully saturated rings. The first-order valence-electron chi connectivity index (χ1n) is 9.28. The summed E-state index contributed by atoms with van der Waals surface area (Å²) in [6, 6.07) is 24.3. The highest BCUT2D eigenvalue weighted by molar-refractivity contribution is 6.31. The van der Waals surface area contributed by atoms with Crippen LogP contribution in [0.25, 0.3) is 5.69 Å². The van der Waals surface area contributed by atoms with Crippen molar-refractivity contribution < 1.29 is 4.79 Å². The molecule has 146 valence electrons. The topological polar surface area (TPSA) is 85.1 Å². The molecule has 1 atom stereocenters. The summed E-state index contributed by atoms with van der Waals surface area (Å²) in [6.45, 7) is 0. The van der Waals surface area contributed by atoms with Crippen LogP contribution in [0.4, 0.5) is 0 Å². The molecule has 7 nitrogen and oxygen atoms in total. The van der Waals surface area contributed by atoms with Gasteiger partial charge in [0.1, 0.15) is 0 Å². The molecule has 2 heterocycles. The number of carbonyl (C=O) groups is 1. The number of nitrogens with one attached hydrogen (secondary N) is 1. The summed E-state index contributed by atoms with van der Waals surface area (Å²) >= 11 is 6.04. The van der Waals surface area contributed by atoms with Crippen LogP contribution in [0.2, 0.25) is 5.02 Å². The highest BCUT2D eigenvalue weighted by Crippen LogP contribution is 2.27. The van der Waals surface area contributed by atoms with Gasteiger partial charge in [-0.25, -0.2) is 0 Å². The minimum Gasteiger partial charge on any atom is -0.324 e. The molecule has 8 heteroatoms. The Hall–Kier alpha value is -3.84. The number of tetrazole rings is 1. The maximum absolute atomic E-state index is 12.9. The van der Waals surface area contributed by atoms with Crippen molar-refractivity contribution in [1.82, 2.24) is 25.5 Å². The predicted molar refractivity (Wildman–Crippen MR) is 113 cm³/mol. The van der Waals surface area contributed by atoms with E-state index in [0.29, 0.717) is 16.4 Å². The monoisotopic (exact) mass is 414 g/mol. The van der Waals surface area contributed by atoms with Gasteiger partial charge in [0.2, 0.25) is 5.82 Å². The number of halogens is 1. The van der Waals surface area contributed by atoms with Crippen molar-refractivity contribution in [3.63, 3.8) is 0 Å². The number of aromatic nitrogens is 4. The molecule has 1 aliphatic rings. The molecule has 30 heavy (non-hydrogen) atoms. The fourth-order valence-electron chi connectivity index (χ4n) is 3.41. The van der Waals surface area contributed by atoms with Gasteiger partial charge in [-0.15, -0.1) is 5.10 Å². The highest BCUT2D eigenvalue weighted by Gasteiger charge is 2.28. The zero-order valence-electron chi connectivity index (χ0n) is 15.6. The number of amides is 1. The van der Waals surface area contributed by atoms with Gasteiger partial charge in [-0.3, -0.25) is 9.79 Å². The van der Waals surface area contributed by atoms with E-state index >= 15 is 0 Å². The van der Waals surface area contributed by atoms with E-state index in [1.165, 1.54) is 0 Å². The zero-order chi connectivity index (χ0) is 20.5. The van der Waals surface area contributed by atoms with Crippen molar-refractivity contribution in [2.75, 3.05) is 0 Å². The molecule has 0 bridgehead atoms. The molecular formula is C22H15ClN6O. The van der Waals surface area contributed by atoms with Crippen LogP contribution in [0, 0.1) is 0 Å². The molecule has 0 saturated carbocycles. The number of hydrogen-bond donors (Lipinski definition) is 1. The summed E-state index contributed by atoms with van der Waals surface area (Å²) in [5, 5.41) is 15.5. The van der Waals surface area contributed by atoms with Gasteiger partial charge in [0.25, 0.3) is 5.91 Å². The summed E-state index contributed by atoms with van der Waals surface area (Å²) in [7, 11) is 0. The Morgan fingerprint density at radius 3 is 2.60 bits per heavy atom. The van der Waals surface area contributed by atoms with E-state index in [1.54, 1.807) is 28.9 Å². The second-order valence-electron chi connectivity index (χ2n) is 6.70. The van der Waals surface area contributed by atoms with E-state index < -0.39 is 6.17 Å². The SMILES string of the molecule is O=C(NC1N=C(c2ccccc2)c2ccccc2-n2nnnc21)c1cccc(Cl)c1. The Morgan fingerprint density at radius 2 is 1.77 bits per heavy atom. The molecule has 1 aromatic heterocycles. The lowest BCUT2D eigenvalue weighted by atomic mass is 10.0. The maximum atomic E-state index is 12.9. The lowest BCUT2D eigenvalue weighted by Crippen LogP contribution is -2.29. The molecule has 3 aromatic carbocycles. The number of para-hydroxylation sites is 1. The van der Waals surface area contributed by atoms with Gasteiger partial charge in [0.05, 0.1) is 11.4 Å². The molecule has 1 amide bonds. The van der Waals surface area contributed by atoms with Gasteiger partial charge in [0.15, 0.2) is 6.17 Å². The van der Waals surface area contributed by atoms with Crippen molar-refractivity contribution >= 4 is 23.2 Å². The Kier molecular flexibility index (Phi) is 4.57. The first-order chi connectivity index (χ1) is 14.7. The third-order valence-corrected chi connectivity index (χ3v) is 5.02. The van der Waals surface area contributed by atoms with E-state index in [9.17, 15) is 4.79 Å². The summed E-state index contributed by atoms with van der Waals surface area (Å²) in [5.41, 5.74) is 3.75. The molecule has 0 radical (unpaired) electrons. The highest BCUT2D eigenvalue weighted by atomic mass is 35.5. The van der Waals surface area contributed by atoms with Crippen LogP contribution in [0.5, 0.6) is 0 Å². The molecule has 4 aromatic rings. The minimum absolute atomic E-state index is 0.320. The van der Waals surface area contributed by atoms with Crippen LogP contribution < -0.4 is 5.32 Å². The maximum Gasteiger partial charge on any atom is 0.253 e. The van der Waals surface area contributed by atoms with Crippen LogP contribution in [0.1, 0.15) is 33.5 Å². The third-order valence-electron chi connectivity index (χ3n) is 4.79. The Morgan fingerprint density at radius 1 is 0.967 bits per heavy atom. The number of nitrogens with zero attached hydrogens (tertiary/aromatic N) is 5. The first-order valence-corrected chi connectivity index (χ1v) is 9.66. The van der Waals surface area contributed by atoms with Crippen LogP contribution in [0.3, 0.4) is 0 Å². The molecule has 5 rings (SSSR count). The van der Waals surface area contributed by atoms with Crippen LogP contribution >= 0.6 is 11.6 Å². The largest absolute Gasteiger partial charge is 0.324 e. The smallest absolute Gasteiger partial charge is 0.253 e. The van der Waals surface area contributed by atoms with Gasteiger partial charge in [0, 0.05) is 21.7 Å². The molecule has 0 saturated heterocycles. The fourth-order valence-corrected chi connectivity index (χ4v) is 3.60. The Bertz CT molecular complexity index is 1270. The van der Waals surface area contributed by atoms with Crippen molar-refractivity contribution in [3.05, 3.63) is 106 Å². The standard InChI is InChI=1S/C22H15ClN6O/c23-16-10-6-9-15(13-16)22(30)25-20-21-26-27-28-29(21)18-12-5-4-11-17(18)19(24-20)14-7-2-1-3-8-14/h1-13,20H,(H,25,30). The second kappa shape index (κ2) is 7.53. The lowest BCUT2D eigenvalue weighted by molar-refractivity contribution is 0.0936. The van der Waals surface area contributed by atoms with Crippen LogP contribution in [-0.4, -0.2) is 31.8 Å². The van der Waals surface area contributed by atoms with Gasteiger partial charge in [-0.1, -0.05) is 66.2 Å². The number of fused-ring (bicyclic) bond motifs is 3. The number of aliphatic imine (C=N–C) groups is 1. The normalized spacial score (nSPS) is 14.8. The Labute approximate surface area is 177 Å². The average Bonchev–Trinajstić information content (AvgIpc) is 3.22. The quantitative estimate of drug-likeness (QED) is 0.555.